The van der Waals surface area contributed by atoms with Gasteiger partial charge in [0.2, 0.25) is 0 Å². The van der Waals surface area contributed by atoms with Crippen LogP contribution in [0.25, 0.3) is 0 Å². The molecule has 1 spiro atoms. The standard InChI is InChI=1S/C20H24ClNO3/c1-18(2,3)25-17(24)22-9-12-8-15(23)20(10-19(20,4)11-21)13-6-5-7-14(22)16(12)13/h5-7,12H,8-11H2,1-4H3/t12-,19-,20-/m1/s1. The molecule has 134 valence electrons. The monoisotopic (exact) mass is 361 g/mol. The first-order chi connectivity index (χ1) is 11.6. The van der Waals surface area contributed by atoms with E-state index in [9.17, 15) is 9.59 Å². The molecule has 3 aliphatic rings. The van der Waals surface area contributed by atoms with Crippen LogP contribution in [0.3, 0.4) is 0 Å². The number of hydrogen-bond acceptors (Lipinski definition) is 3. The van der Waals surface area contributed by atoms with Crippen molar-refractivity contribution in [3.05, 3.63) is 29.3 Å². The molecule has 1 aromatic carbocycles. The number of rotatable bonds is 1. The number of amides is 1. The zero-order chi connectivity index (χ0) is 18.2. The van der Waals surface area contributed by atoms with Crippen molar-refractivity contribution in [1.82, 2.24) is 0 Å². The molecule has 4 nitrogen and oxygen atoms in total. The average Bonchev–Trinajstić information content (AvgIpc) is 2.98. The summed E-state index contributed by atoms with van der Waals surface area (Å²) in [5, 5.41) is 0. The van der Waals surface area contributed by atoms with Gasteiger partial charge in [0.15, 0.2) is 0 Å². The number of benzene rings is 1. The van der Waals surface area contributed by atoms with E-state index < -0.39 is 11.0 Å². The van der Waals surface area contributed by atoms with Gasteiger partial charge in [0.1, 0.15) is 11.4 Å². The molecule has 0 aromatic heterocycles. The number of alkyl halides is 1. The van der Waals surface area contributed by atoms with Crippen molar-refractivity contribution in [2.75, 3.05) is 17.3 Å². The Morgan fingerprint density at radius 2 is 2.12 bits per heavy atom. The number of hydrogen-bond donors (Lipinski definition) is 0. The summed E-state index contributed by atoms with van der Waals surface area (Å²) in [6.07, 6.45) is 0.945. The van der Waals surface area contributed by atoms with Crippen LogP contribution in [0.2, 0.25) is 0 Å². The lowest BCUT2D eigenvalue weighted by molar-refractivity contribution is -0.123. The zero-order valence-corrected chi connectivity index (χ0v) is 15.9. The second-order valence-corrected chi connectivity index (χ2v) is 9.20. The Morgan fingerprint density at radius 1 is 1.40 bits per heavy atom. The molecule has 0 N–H and O–H groups in total. The highest BCUT2D eigenvalue weighted by Gasteiger charge is 2.71. The molecule has 4 rings (SSSR count). The maximum atomic E-state index is 13.0. The molecule has 3 atom stereocenters. The van der Waals surface area contributed by atoms with E-state index >= 15 is 0 Å². The fourth-order valence-corrected chi connectivity index (χ4v) is 5.08. The Kier molecular flexibility index (Phi) is 3.38. The van der Waals surface area contributed by atoms with Crippen LogP contribution in [0.4, 0.5) is 10.5 Å². The van der Waals surface area contributed by atoms with Crippen LogP contribution >= 0.6 is 11.6 Å². The molecule has 0 unspecified atom stereocenters. The first-order valence-corrected chi connectivity index (χ1v) is 9.40. The van der Waals surface area contributed by atoms with E-state index in [2.05, 4.69) is 13.0 Å². The molecule has 1 fully saturated rings. The summed E-state index contributed by atoms with van der Waals surface area (Å²) in [7, 11) is 0. The van der Waals surface area contributed by atoms with Crippen molar-refractivity contribution in [1.29, 1.82) is 0 Å². The van der Waals surface area contributed by atoms with Gasteiger partial charge >= 0.3 is 6.09 Å². The van der Waals surface area contributed by atoms with Crippen LogP contribution in [-0.4, -0.2) is 29.9 Å². The number of fused-ring (bicyclic) bond motifs is 1. The highest BCUT2D eigenvalue weighted by atomic mass is 35.5. The minimum absolute atomic E-state index is 0.0667. The molecule has 2 aliphatic carbocycles. The lowest BCUT2D eigenvalue weighted by Gasteiger charge is -2.30. The van der Waals surface area contributed by atoms with Gasteiger partial charge in [0.25, 0.3) is 0 Å². The van der Waals surface area contributed by atoms with Crippen LogP contribution in [0.5, 0.6) is 0 Å². The summed E-state index contributed by atoms with van der Waals surface area (Å²) in [6.45, 7) is 8.20. The molecule has 1 saturated carbocycles. The normalized spacial score (nSPS) is 32.8. The van der Waals surface area contributed by atoms with E-state index in [0.717, 1.165) is 23.2 Å². The first-order valence-electron chi connectivity index (χ1n) is 8.86. The molecular formula is C20H24ClNO3. The van der Waals surface area contributed by atoms with Gasteiger partial charge < -0.3 is 4.74 Å². The maximum Gasteiger partial charge on any atom is 0.414 e. The van der Waals surface area contributed by atoms with Gasteiger partial charge in [-0.25, -0.2) is 4.79 Å². The number of nitrogens with zero attached hydrogens (tertiary/aromatic N) is 1. The Hall–Kier alpha value is -1.55. The molecule has 0 saturated heterocycles. The fraction of sp³-hybridized carbons (Fsp3) is 0.600. The topological polar surface area (TPSA) is 46.6 Å². The molecule has 1 aliphatic heterocycles. The van der Waals surface area contributed by atoms with Crippen LogP contribution in [0.15, 0.2) is 18.2 Å². The second-order valence-electron chi connectivity index (χ2n) is 8.93. The van der Waals surface area contributed by atoms with E-state index in [1.165, 1.54) is 0 Å². The highest BCUT2D eigenvalue weighted by Crippen LogP contribution is 2.70. The van der Waals surface area contributed by atoms with E-state index in [4.69, 9.17) is 16.3 Å². The van der Waals surface area contributed by atoms with E-state index in [-0.39, 0.29) is 23.2 Å². The molecule has 0 bridgehead atoms. The summed E-state index contributed by atoms with van der Waals surface area (Å²) in [4.78, 5) is 27.4. The fourth-order valence-electron chi connectivity index (χ4n) is 4.76. The Bertz CT molecular complexity index is 784. The Balaban J connectivity index is 1.78. The third-order valence-corrected chi connectivity index (χ3v) is 6.61. The largest absolute Gasteiger partial charge is 0.443 e. The molecule has 25 heavy (non-hydrogen) atoms. The van der Waals surface area contributed by atoms with Crippen LogP contribution < -0.4 is 4.90 Å². The van der Waals surface area contributed by atoms with Crippen molar-refractivity contribution >= 4 is 29.2 Å². The minimum Gasteiger partial charge on any atom is -0.443 e. The molecule has 1 heterocycles. The van der Waals surface area contributed by atoms with Gasteiger partial charge in [0.05, 0.1) is 11.1 Å². The SMILES string of the molecule is CC(C)(C)OC(=O)N1C[C@H]2CC(=O)[C@@]3(C[C@]3(C)CCl)c3cccc1c32. The van der Waals surface area contributed by atoms with Gasteiger partial charge in [0, 0.05) is 24.8 Å². The van der Waals surface area contributed by atoms with Gasteiger partial charge in [-0.2, -0.15) is 0 Å². The summed E-state index contributed by atoms with van der Waals surface area (Å²) in [6, 6.07) is 5.97. The van der Waals surface area contributed by atoms with E-state index in [1.807, 2.05) is 32.9 Å². The average molecular weight is 362 g/mol. The predicted molar refractivity (Wildman–Crippen MR) is 97.5 cm³/mol. The smallest absolute Gasteiger partial charge is 0.414 e. The summed E-state index contributed by atoms with van der Waals surface area (Å²) >= 11 is 6.20. The van der Waals surface area contributed by atoms with Crippen LogP contribution in [-0.2, 0) is 14.9 Å². The van der Waals surface area contributed by atoms with Gasteiger partial charge in [-0.15, -0.1) is 11.6 Å². The van der Waals surface area contributed by atoms with Crippen molar-refractivity contribution in [2.45, 2.75) is 57.5 Å². The van der Waals surface area contributed by atoms with Crippen LogP contribution in [0, 0.1) is 5.41 Å². The van der Waals surface area contributed by atoms with Gasteiger partial charge in [-0.05, 0) is 49.8 Å². The van der Waals surface area contributed by atoms with Gasteiger partial charge in [-0.1, -0.05) is 19.1 Å². The quantitative estimate of drug-likeness (QED) is 0.697. The van der Waals surface area contributed by atoms with Crippen molar-refractivity contribution in [3.8, 4) is 0 Å². The third-order valence-electron chi connectivity index (χ3n) is 6.02. The summed E-state index contributed by atoms with van der Waals surface area (Å²) in [5.41, 5.74) is 1.96. The summed E-state index contributed by atoms with van der Waals surface area (Å²) < 4.78 is 5.57. The van der Waals surface area contributed by atoms with Crippen molar-refractivity contribution < 1.29 is 14.3 Å². The van der Waals surface area contributed by atoms with Crippen molar-refractivity contribution in [3.63, 3.8) is 0 Å². The molecule has 1 aromatic rings. The Labute approximate surface area is 153 Å². The number of Topliss-reactive ketones (excluding diaryl/α,β-unsaturated/α-hetero) is 1. The lowest BCUT2D eigenvalue weighted by Crippen LogP contribution is -2.37. The molecular weight excluding hydrogens is 338 g/mol. The molecule has 5 heteroatoms. The first kappa shape index (κ1) is 16.9. The number of carbonyl (C=O) groups excluding carboxylic acids is 2. The number of carbonyl (C=O) groups is 2. The van der Waals surface area contributed by atoms with E-state index in [1.54, 1.807) is 4.90 Å². The zero-order valence-electron chi connectivity index (χ0n) is 15.2. The van der Waals surface area contributed by atoms with Crippen molar-refractivity contribution in [2.24, 2.45) is 5.41 Å². The minimum atomic E-state index is -0.544. The maximum absolute atomic E-state index is 13.0. The second kappa shape index (κ2) is 5.00. The van der Waals surface area contributed by atoms with E-state index in [0.29, 0.717) is 18.8 Å². The predicted octanol–water partition coefficient (Wildman–Crippen LogP) is 4.38. The highest BCUT2D eigenvalue weighted by molar-refractivity contribution is 6.19. The number of halogens is 1. The summed E-state index contributed by atoms with van der Waals surface area (Å²) in [5.74, 6) is 0.816. The molecule has 1 amide bonds. The number of ketones is 1. The Morgan fingerprint density at radius 3 is 2.72 bits per heavy atom. The molecule has 0 radical (unpaired) electrons. The lowest BCUT2D eigenvalue weighted by atomic mass is 9.71. The number of ether oxygens (including phenoxy) is 1. The number of anilines is 1. The third kappa shape index (κ3) is 2.19. The van der Waals surface area contributed by atoms with Gasteiger partial charge in [-0.3, -0.25) is 9.69 Å². The van der Waals surface area contributed by atoms with Crippen LogP contribution in [0.1, 0.15) is 57.6 Å².